The molecule has 14 nitrogen and oxygen atoms in total. The lowest BCUT2D eigenvalue weighted by molar-refractivity contribution is -0.134. The predicted molar refractivity (Wildman–Crippen MR) is 209 cm³/mol. The monoisotopic (exact) mass is 787 g/mol. The number of unbranched alkanes of at least 4 members (excludes halogenated alkanes) is 6. The van der Waals surface area contributed by atoms with Gasteiger partial charge in [-0.1, -0.05) is 63.6 Å². The lowest BCUT2D eigenvalue weighted by Gasteiger charge is -2.30. The van der Waals surface area contributed by atoms with Crippen LogP contribution in [0.4, 0.5) is 0 Å². The second kappa shape index (κ2) is 88.7. The van der Waals surface area contributed by atoms with E-state index in [-0.39, 0.29) is 71.6 Å². The second-order valence-electron chi connectivity index (χ2n) is 8.46. The van der Waals surface area contributed by atoms with Crippen LogP contribution < -0.4 is 4.74 Å². The number of hydrogen-bond donors (Lipinski definition) is 1. The van der Waals surface area contributed by atoms with Crippen molar-refractivity contribution in [1.29, 1.82) is 0 Å². The molecule has 1 aromatic rings. The van der Waals surface area contributed by atoms with Crippen molar-refractivity contribution in [3.05, 3.63) is 118 Å². The summed E-state index contributed by atoms with van der Waals surface area (Å²) in [4.78, 5) is 11.0. The van der Waals surface area contributed by atoms with E-state index in [4.69, 9.17) is 65.6 Å². The van der Waals surface area contributed by atoms with Crippen LogP contribution in [0.1, 0.15) is 65.2 Å². The SMILES string of the molecule is [CH2]C(CCCCCCCCC)(OC=C(C)C(=O)O)Oc1ccccc1.[CH2]C[O].[CH2]C[O].[CH2]C[O].[CH2]C[O].[CH2]C[O].[CH2]C[O].[CH2]C[O].[CH2]C[O].[CH2]C[O].[CH2]C[O]. The number of hydrogen-bond acceptors (Lipinski definition) is 3. The maximum Gasteiger partial charge on any atom is 0.334 e. The van der Waals surface area contributed by atoms with Crippen LogP contribution in [0.3, 0.4) is 0 Å². The smallest absolute Gasteiger partial charge is 0.334 e. The van der Waals surface area contributed by atoms with Crippen LogP contribution in [0.25, 0.3) is 0 Å². The van der Waals surface area contributed by atoms with Crippen molar-refractivity contribution in [1.82, 2.24) is 0 Å². The summed E-state index contributed by atoms with van der Waals surface area (Å²) in [5, 5.41) is 97.2. The molecular formula is C41H71O14. The van der Waals surface area contributed by atoms with Crippen molar-refractivity contribution in [2.75, 3.05) is 66.1 Å². The van der Waals surface area contributed by atoms with Crippen LogP contribution in [0, 0.1) is 76.2 Å². The highest BCUT2D eigenvalue weighted by atomic mass is 16.7. The summed E-state index contributed by atoms with van der Waals surface area (Å²) < 4.78 is 11.5. The molecule has 0 saturated heterocycles. The first kappa shape index (κ1) is 77.2. The number of benzene rings is 1. The average Bonchev–Trinajstić information content (AvgIpc) is 3.11. The zero-order chi connectivity index (χ0) is 45.6. The fourth-order valence-corrected chi connectivity index (χ4v) is 2.43. The van der Waals surface area contributed by atoms with Crippen LogP contribution in [0.5, 0.6) is 5.75 Å². The Morgan fingerprint density at radius 2 is 0.836 bits per heavy atom. The van der Waals surface area contributed by atoms with Gasteiger partial charge >= 0.3 is 5.97 Å². The van der Waals surface area contributed by atoms with Crippen molar-refractivity contribution in [2.24, 2.45) is 0 Å². The van der Waals surface area contributed by atoms with Crippen molar-refractivity contribution in [3.8, 4) is 5.75 Å². The van der Waals surface area contributed by atoms with Gasteiger partial charge < -0.3 is 14.6 Å². The minimum Gasteiger partial charge on any atom is -0.478 e. The van der Waals surface area contributed by atoms with Gasteiger partial charge in [0.05, 0.1) is 77.9 Å². The number of carboxylic acid groups (broad SMARTS) is 1. The molecule has 1 N–H and O–H groups in total. The van der Waals surface area contributed by atoms with Gasteiger partial charge in [-0.25, -0.2) is 55.9 Å². The number of carboxylic acids is 1. The van der Waals surface area contributed by atoms with Crippen molar-refractivity contribution >= 4 is 5.97 Å². The van der Waals surface area contributed by atoms with Gasteiger partial charge in [-0.3, -0.25) is 0 Å². The van der Waals surface area contributed by atoms with E-state index in [1.807, 2.05) is 30.3 Å². The molecule has 0 aliphatic carbocycles. The van der Waals surface area contributed by atoms with Gasteiger partial charge in [0, 0.05) is 13.3 Å². The molecule has 0 aliphatic rings. The van der Waals surface area contributed by atoms with E-state index < -0.39 is 11.8 Å². The molecule has 0 aliphatic heterocycles. The minimum atomic E-state index is -1.12. The van der Waals surface area contributed by atoms with Gasteiger partial charge in [-0.05, 0) is 94.7 Å². The van der Waals surface area contributed by atoms with Crippen LogP contribution in [-0.4, -0.2) is 82.9 Å². The van der Waals surface area contributed by atoms with Crippen LogP contribution in [-0.2, 0) is 60.6 Å². The van der Waals surface area contributed by atoms with E-state index in [9.17, 15) is 4.79 Å². The maximum atomic E-state index is 11.0. The number of rotatable bonds is 13. The van der Waals surface area contributed by atoms with Crippen molar-refractivity contribution < 1.29 is 70.4 Å². The number of ether oxygens (including phenoxy) is 2. The van der Waals surface area contributed by atoms with E-state index in [0.29, 0.717) is 12.2 Å². The number of para-hydroxylation sites is 1. The summed E-state index contributed by atoms with van der Waals surface area (Å²) in [6.45, 7) is 34.6. The molecule has 0 spiro atoms. The zero-order valence-corrected chi connectivity index (χ0v) is 33.7. The highest BCUT2D eigenvalue weighted by Crippen LogP contribution is 2.25. The Hall–Kier alpha value is -2.37. The van der Waals surface area contributed by atoms with E-state index in [2.05, 4.69) is 83.1 Å². The van der Waals surface area contributed by atoms with E-state index >= 15 is 0 Å². The number of carbonyl (C=O) groups is 1. The van der Waals surface area contributed by atoms with Gasteiger partial charge in [0.25, 0.3) is 5.79 Å². The molecule has 0 fully saturated rings. The molecular weight excluding hydrogens is 716 g/mol. The molecule has 0 amide bonds. The first-order valence-electron chi connectivity index (χ1n) is 17.0. The van der Waals surface area contributed by atoms with E-state index in [1.54, 1.807) is 0 Å². The summed E-state index contributed by atoms with van der Waals surface area (Å²) in [6, 6.07) is 9.33. The molecule has 1 unspecified atom stereocenters. The maximum absolute atomic E-state index is 11.0. The molecule has 1 aromatic carbocycles. The van der Waals surface area contributed by atoms with Gasteiger partial charge in [-0.2, -0.15) is 0 Å². The Balaban J connectivity index is -0.0000000685. The average molecular weight is 788 g/mol. The van der Waals surface area contributed by atoms with E-state index in [0.717, 1.165) is 12.8 Å². The Morgan fingerprint density at radius 3 is 1.11 bits per heavy atom. The van der Waals surface area contributed by atoms with Gasteiger partial charge in [0.2, 0.25) is 0 Å². The summed E-state index contributed by atoms with van der Waals surface area (Å²) in [5.41, 5.74) is 0.115. The summed E-state index contributed by atoms with van der Waals surface area (Å²) in [6.07, 6.45) is 10.1. The first-order chi connectivity index (χ1) is 26.1. The van der Waals surface area contributed by atoms with Crippen molar-refractivity contribution in [2.45, 2.75) is 71.0 Å². The summed E-state index contributed by atoms with van der Waals surface area (Å²) >= 11 is 0. The summed E-state index contributed by atoms with van der Waals surface area (Å²) in [5.74, 6) is -1.48. The second-order valence-corrected chi connectivity index (χ2v) is 8.46. The molecule has 14 heteroatoms. The minimum absolute atomic E-state index is 0.115. The quantitative estimate of drug-likeness (QED) is 0.0896. The highest BCUT2D eigenvalue weighted by molar-refractivity contribution is 5.85. The van der Waals surface area contributed by atoms with Gasteiger partial charge in [0.15, 0.2) is 0 Å². The molecule has 319 valence electrons. The largest absolute Gasteiger partial charge is 0.478 e. The lowest BCUT2D eigenvalue weighted by Crippen LogP contribution is -2.34. The van der Waals surface area contributed by atoms with Crippen LogP contribution in [0.2, 0.25) is 0 Å². The zero-order valence-electron chi connectivity index (χ0n) is 33.7. The third-order valence-electron chi connectivity index (χ3n) is 4.00. The molecule has 55 heavy (non-hydrogen) atoms. The first-order valence-corrected chi connectivity index (χ1v) is 17.0. The van der Waals surface area contributed by atoms with Crippen molar-refractivity contribution in [3.63, 3.8) is 0 Å². The van der Waals surface area contributed by atoms with Gasteiger partial charge in [0.1, 0.15) is 5.75 Å². The topological polar surface area (TPSA) is 255 Å². The number of aliphatic carboxylic acids is 1. The Bertz CT molecular complexity index is 664. The molecule has 0 bridgehead atoms. The fraction of sp³-hybridized carbons (Fsp3) is 0.512. The highest BCUT2D eigenvalue weighted by Gasteiger charge is 2.27. The molecule has 1 atom stereocenters. The molecule has 0 aromatic heterocycles. The van der Waals surface area contributed by atoms with E-state index in [1.165, 1.54) is 45.3 Å². The molecule has 1 rings (SSSR count). The molecule has 21 radical (unpaired) electrons. The van der Waals surface area contributed by atoms with Crippen LogP contribution in [0.15, 0.2) is 42.2 Å². The third kappa shape index (κ3) is 136. The van der Waals surface area contributed by atoms with Gasteiger partial charge in [-0.15, -0.1) is 0 Å². The Labute approximate surface area is 337 Å². The lowest BCUT2D eigenvalue weighted by atomic mass is 10.1. The fourth-order valence-electron chi connectivity index (χ4n) is 2.43. The third-order valence-corrected chi connectivity index (χ3v) is 4.00. The van der Waals surface area contributed by atoms with Crippen LogP contribution >= 0.6 is 0 Å². The Kier molecular flexibility index (Phi) is 124. The Morgan fingerprint density at radius 1 is 0.564 bits per heavy atom. The summed E-state index contributed by atoms with van der Waals surface area (Å²) in [7, 11) is 0. The molecule has 0 heterocycles. The standard InChI is InChI=1S/C21H31O4.10C2H4O/c1-4-5-6-7-8-9-13-16-21(3,24-17-18(2)20(22)23)25-19-14-11-10-12-15-19;10*1-2-3/h10-12,14-15,17H,3-9,13,16H2,1-2H3,(H,22,23);10*1-2H2. The normalized spacial score (nSPS) is 9.62. The predicted octanol–water partition coefficient (Wildman–Crippen LogP) is 8.25. The molecule has 0 saturated carbocycles.